The van der Waals surface area contributed by atoms with E-state index in [1.54, 1.807) is 13.2 Å². The lowest BCUT2D eigenvalue weighted by Crippen LogP contribution is -2.68. The zero-order chi connectivity index (χ0) is 24.3. The van der Waals surface area contributed by atoms with Crippen molar-refractivity contribution in [3.05, 3.63) is 96.6 Å². The van der Waals surface area contributed by atoms with Crippen molar-refractivity contribution in [1.82, 2.24) is 0 Å². The molecule has 4 aromatic carbocycles. The Kier molecular flexibility index (Phi) is 6.49. The van der Waals surface area contributed by atoms with Gasteiger partial charge < -0.3 is 13.9 Å². The Morgan fingerprint density at radius 1 is 0.735 bits per heavy atom. The molecule has 0 spiro atoms. The highest BCUT2D eigenvalue weighted by Gasteiger charge is 2.52. The number of methoxy groups -OCH3 is 2. The first-order valence-corrected chi connectivity index (χ1v) is 13.2. The largest absolute Gasteiger partial charge is 0.534 e. The second-order valence-electron chi connectivity index (χ2n) is 9.29. The quantitative estimate of drug-likeness (QED) is 0.273. The maximum Gasteiger partial charge on any atom is 0.341 e. The molecule has 0 unspecified atom stereocenters. The molecule has 0 aliphatic rings. The third-order valence-electron chi connectivity index (χ3n) is 6.25. The van der Waals surface area contributed by atoms with Crippen LogP contribution in [0.25, 0.3) is 10.8 Å². The van der Waals surface area contributed by atoms with Gasteiger partial charge in [-0.2, -0.15) is 0 Å². The molecule has 174 valence electrons. The molecule has 0 aliphatic carbocycles. The molecule has 0 heterocycles. The lowest BCUT2D eigenvalue weighted by atomic mass is 10.1. The lowest BCUT2D eigenvalue weighted by molar-refractivity contribution is 0.0597. The van der Waals surface area contributed by atoms with Crippen LogP contribution in [0.1, 0.15) is 31.1 Å². The summed E-state index contributed by atoms with van der Waals surface area (Å²) in [6, 6.07) is 30.7. The molecule has 4 rings (SSSR count). The maximum atomic E-state index is 12.3. The van der Waals surface area contributed by atoms with Gasteiger partial charge in [-0.05, 0) is 39.0 Å². The number of rotatable bonds is 6. The third-order valence-corrected chi connectivity index (χ3v) is 11.2. The molecular formula is C29H30O4Si. The molecule has 34 heavy (non-hydrogen) atoms. The van der Waals surface area contributed by atoms with Gasteiger partial charge in [0.05, 0.1) is 14.2 Å². The average Bonchev–Trinajstić information content (AvgIpc) is 2.86. The van der Waals surface area contributed by atoms with Gasteiger partial charge in [0.1, 0.15) is 17.1 Å². The fraction of sp³-hybridized carbons (Fsp3) is 0.207. The van der Waals surface area contributed by atoms with Gasteiger partial charge in [-0.1, -0.05) is 93.6 Å². The number of carbonyl (C=O) groups excluding carboxylic acids is 1. The van der Waals surface area contributed by atoms with Crippen LogP contribution in [0.2, 0.25) is 5.04 Å². The van der Waals surface area contributed by atoms with Crippen LogP contribution in [0, 0.1) is 0 Å². The summed E-state index contributed by atoms with van der Waals surface area (Å²) < 4.78 is 17.8. The number of benzene rings is 4. The SMILES string of the molecule is COC(=O)c1cc2cccc(O[Si](c3ccccc3)(c3ccccc3)C(C)(C)C)c2cc1OC. The molecule has 4 aromatic rings. The first kappa shape index (κ1) is 23.6. The van der Waals surface area contributed by atoms with Gasteiger partial charge in [0.2, 0.25) is 0 Å². The zero-order valence-corrected chi connectivity index (χ0v) is 21.3. The normalized spacial score (nSPS) is 11.8. The van der Waals surface area contributed by atoms with Crippen LogP contribution >= 0.6 is 0 Å². The van der Waals surface area contributed by atoms with E-state index in [1.807, 2.05) is 36.4 Å². The molecule has 0 amide bonds. The summed E-state index contributed by atoms with van der Waals surface area (Å²) in [4.78, 5) is 12.3. The van der Waals surface area contributed by atoms with Crippen LogP contribution < -0.4 is 19.5 Å². The molecule has 4 nitrogen and oxygen atoms in total. The van der Waals surface area contributed by atoms with Crippen LogP contribution in [0.5, 0.6) is 11.5 Å². The van der Waals surface area contributed by atoms with E-state index in [1.165, 1.54) is 17.5 Å². The monoisotopic (exact) mass is 470 g/mol. The Hall–Kier alpha value is -3.57. The second kappa shape index (κ2) is 9.35. The van der Waals surface area contributed by atoms with E-state index in [-0.39, 0.29) is 5.04 Å². The summed E-state index contributed by atoms with van der Waals surface area (Å²) in [5.74, 6) is 0.788. The van der Waals surface area contributed by atoms with E-state index >= 15 is 0 Å². The Labute approximate surface area is 202 Å². The molecule has 5 heteroatoms. The van der Waals surface area contributed by atoms with Gasteiger partial charge in [-0.3, -0.25) is 0 Å². The highest BCUT2D eigenvalue weighted by Crippen LogP contribution is 2.40. The molecule has 0 bridgehead atoms. The molecular weight excluding hydrogens is 440 g/mol. The highest BCUT2D eigenvalue weighted by molar-refractivity contribution is 7.00. The Morgan fingerprint density at radius 2 is 1.32 bits per heavy atom. The summed E-state index contributed by atoms with van der Waals surface area (Å²) in [7, 11) is 0.115. The van der Waals surface area contributed by atoms with Gasteiger partial charge in [-0.25, -0.2) is 4.79 Å². The number of carbonyl (C=O) groups is 1. The minimum absolute atomic E-state index is 0.173. The first-order chi connectivity index (χ1) is 16.3. The number of esters is 1. The second-order valence-corrected chi connectivity index (χ2v) is 13.5. The van der Waals surface area contributed by atoms with Crippen molar-refractivity contribution in [3.8, 4) is 11.5 Å². The minimum Gasteiger partial charge on any atom is -0.534 e. The average molecular weight is 471 g/mol. The Balaban J connectivity index is 1.99. The first-order valence-electron chi connectivity index (χ1n) is 11.3. The van der Waals surface area contributed by atoms with E-state index in [0.717, 1.165) is 16.5 Å². The van der Waals surface area contributed by atoms with Crippen molar-refractivity contribution < 1.29 is 18.7 Å². The van der Waals surface area contributed by atoms with Crippen LogP contribution in [0.15, 0.2) is 91.0 Å². The predicted octanol–water partition coefficient (Wildman–Crippen LogP) is 5.57. The smallest absolute Gasteiger partial charge is 0.341 e. The fourth-order valence-corrected chi connectivity index (χ4v) is 9.06. The highest BCUT2D eigenvalue weighted by atomic mass is 28.4. The summed E-state index contributed by atoms with van der Waals surface area (Å²) >= 11 is 0. The van der Waals surface area contributed by atoms with Crippen LogP contribution in [-0.4, -0.2) is 28.5 Å². The number of hydrogen-bond donors (Lipinski definition) is 0. The zero-order valence-electron chi connectivity index (χ0n) is 20.3. The van der Waals surface area contributed by atoms with Gasteiger partial charge in [-0.15, -0.1) is 0 Å². The molecule has 0 saturated carbocycles. The van der Waals surface area contributed by atoms with Crippen molar-refractivity contribution >= 4 is 35.4 Å². The number of ether oxygens (including phenoxy) is 2. The number of fused-ring (bicyclic) bond motifs is 1. The van der Waals surface area contributed by atoms with E-state index in [0.29, 0.717) is 11.3 Å². The van der Waals surface area contributed by atoms with Gasteiger partial charge in [0.15, 0.2) is 0 Å². The Bertz CT molecular complexity index is 1260. The molecule has 0 saturated heterocycles. The molecule has 0 N–H and O–H groups in total. The molecule has 0 fully saturated rings. The van der Waals surface area contributed by atoms with Crippen LogP contribution in [0.4, 0.5) is 0 Å². The molecule has 0 aliphatic heterocycles. The topological polar surface area (TPSA) is 44.8 Å². The van der Waals surface area contributed by atoms with E-state index in [2.05, 4.69) is 69.3 Å². The minimum atomic E-state index is -2.81. The summed E-state index contributed by atoms with van der Waals surface area (Å²) in [6.45, 7) is 6.75. The summed E-state index contributed by atoms with van der Waals surface area (Å²) in [6.07, 6.45) is 0. The Morgan fingerprint density at radius 3 is 1.82 bits per heavy atom. The van der Waals surface area contributed by atoms with Crippen molar-refractivity contribution in [2.45, 2.75) is 25.8 Å². The summed E-state index contributed by atoms with van der Waals surface area (Å²) in [5, 5.41) is 4.00. The van der Waals surface area contributed by atoms with Crippen molar-refractivity contribution in [3.63, 3.8) is 0 Å². The fourth-order valence-electron chi connectivity index (χ4n) is 4.62. The summed E-state index contributed by atoms with van der Waals surface area (Å²) in [5.41, 5.74) is 0.389. The van der Waals surface area contributed by atoms with E-state index in [4.69, 9.17) is 13.9 Å². The van der Waals surface area contributed by atoms with Gasteiger partial charge in [0.25, 0.3) is 0 Å². The van der Waals surface area contributed by atoms with Crippen molar-refractivity contribution in [1.29, 1.82) is 0 Å². The lowest BCUT2D eigenvalue weighted by Gasteiger charge is -2.43. The van der Waals surface area contributed by atoms with Gasteiger partial charge >= 0.3 is 14.3 Å². The van der Waals surface area contributed by atoms with E-state index < -0.39 is 14.3 Å². The van der Waals surface area contributed by atoms with Crippen LogP contribution in [-0.2, 0) is 4.74 Å². The molecule has 0 radical (unpaired) electrons. The molecule has 0 aromatic heterocycles. The third kappa shape index (κ3) is 4.08. The van der Waals surface area contributed by atoms with Crippen molar-refractivity contribution in [2.24, 2.45) is 0 Å². The van der Waals surface area contributed by atoms with Gasteiger partial charge in [0, 0.05) is 5.39 Å². The number of hydrogen-bond acceptors (Lipinski definition) is 4. The van der Waals surface area contributed by atoms with Crippen molar-refractivity contribution in [2.75, 3.05) is 14.2 Å². The van der Waals surface area contributed by atoms with Crippen LogP contribution in [0.3, 0.4) is 0 Å². The molecule has 0 atom stereocenters. The predicted molar refractivity (Wildman–Crippen MR) is 140 cm³/mol. The maximum absolute atomic E-state index is 12.3. The standard InChI is InChI=1S/C29H30O4Si/c1-29(2,3)34(22-14-8-6-9-15-22,23-16-10-7-11-17-23)33-26-18-12-13-21-19-25(28(30)32-5)27(31-4)20-24(21)26/h6-20H,1-5H3. The van der Waals surface area contributed by atoms with E-state index in [9.17, 15) is 4.79 Å².